The zero-order valence-corrected chi connectivity index (χ0v) is 20.6. The van der Waals surface area contributed by atoms with Crippen LogP contribution < -0.4 is 0 Å². The predicted octanol–water partition coefficient (Wildman–Crippen LogP) is 4.06. The van der Waals surface area contributed by atoms with Gasteiger partial charge in [-0.05, 0) is 49.1 Å². The van der Waals surface area contributed by atoms with E-state index in [1.54, 1.807) is 31.2 Å². The molecule has 0 aliphatic carbocycles. The maximum absolute atomic E-state index is 13.4. The summed E-state index contributed by atoms with van der Waals surface area (Å²) in [6, 6.07) is 17.1. The molecule has 0 bridgehead atoms. The Kier molecular flexibility index (Phi) is 7.57. The molecule has 2 aliphatic heterocycles. The second-order valence-electron chi connectivity index (χ2n) is 9.36. The maximum Gasteiger partial charge on any atom is 0.253 e. The minimum absolute atomic E-state index is 0.0193. The van der Waals surface area contributed by atoms with Crippen molar-refractivity contribution in [3.63, 3.8) is 0 Å². The van der Waals surface area contributed by atoms with Gasteiger partial charge in [0.05, 0.1) is 0 Å². The summed E-state index contributed by atoms with van der Waals surface area (Å²) in [6.45, 7) is 4.07. The van der Waals surface area contributed by atoms with Crippen LogP contribution >= 0.6 is 11.6 Å². The molecule has 3 amide bonds. The second-order valence-corrected chi connectivity index (χ2v) is 9.80. The largest absolute Gasteiger partial charge is 0.343 e. The molecule has 4 rings (SSSR count). The van der Waals surface area contributed by atoms with Crippen molar-refractivity contribution in [3.8, 4) is 0 Å². The zero-order chi connectivity index (χ0) is 24.2. The highest BCUT2D eigenvalue weighted by molar-refractivity contribution is 6.30. The molecule has 2 saturated heterocycles. The highest BCUT2D eigenvalue weighted by Gasteiger charge is 2.38. The maximum atomic E-state index is 13.4. The van der Waals surface area contributed by atoms with E-state index in [4.69, 9.17) is 11.6 Å². The number of halogens is 1. The summed E-state index contributed by atoms with van der Waals surface area (Å²) >= 11 is 6.00. The molecule has 6 nitrogen and oxygen atoms in total. The molecule has 0 saturated carbocycles. The number of hydrogen-bond donors (Lipinski definition) is 0. The third-order valence-corrected chi connectivity index (χ3v) is 7.57. The molecule has 0 spiro atoms. The van der Waals surface area contributed by atoms with Crippen molar-refractivity contribution in [2.45, 2.75) is 38.1 Å². The number of carbonyl (C=O) groups excluding carboxylic acids is 3. The minimum Gasteiger partial charge on any atom is -0.343 e. The van der Waals surface area contributed by atoms with Crippen molar-refractivity contribution in [2.75, 3.05) is 33.2 Å². The molecule has 0 N–H and O–H groups in total. The molecule has 0 radical (unpaired) electrons. The fourth-order valence-electron chi connectivity index (χ4n) is 5.28. The first-order chi connectivity index (χ1) is 16.3. The average Bonchev–Trinajstić information content (AvgIpc) is 2.88. The summed E-state index contributed by atoms with van der Waals surface area (Å²) in [6.07, 6.45) is 2.14. The Labute approximate surface area is 206 Å². The van der Waals surface area contributed by atoms with Crippen LogP contribution in [0.25, 0.3) is 0 Å². The number of amides is 3. The zero-order valence-electron chi connectivity index (χ0n) is 19.8. The fraction of sp³-hybridized carbons (Fsp3) is 0.444. The quantitative estimate of drug-likeness (QED) is 0.661. The van der Waals surface area contributed by atoms with Crippen LogP contribution in [0.1, 0.15) is 48.0 Å². The first kappa shape index (κ1) is 24.3. The standard InChI is InChI=1S/C27H32ClN3O3/c1-19(32)30-15-12-22(13-16-30)27(34)31-17-14-25(24(18-31)20-6-4-3-5-7-20)29(2)26(33)21-8-10-23(28)11-9-21/h3-11,22,24-25H,12-18H2,1-2H3. The van der Waals surface area contributed by atoms with Crippen LogP contribution in [0.2, 0.25) is 5.02 Å². The van der Waals surface area contributed by atoms with Gasteiger partial charge in [0.1, 0.15) is 0 Å². The van der Waals surface area contributed by atoms with Gasteiger partial charge in [0.2, 0.25) is 11.8 Å². The van der Waals surface area contributed by atoms with Crippen molar-refractivity contribution >= 4 is 29.3 Å². The van der Waals surface area contributed by atoms with E-state index in [0.29, 0.717) is 56.0 Å². The van der Waals surface area contributed by atoms with Gasteiger partial charge in [0.15, 0.2) is 0 Å². The monoisotopic (exact) mass is 481 g/mol. The Morgan fingerprint density at radius 1 is 0.882 bits per heavy atom. The lowest BCUT2D eigenvalue weighted by molar-refractivity contribution is -0.141. The molecular weight excluding hydrogens is 450 g/mol. The van der Waals surface area contributed by atoms with Gasteiger partial charge < -0.3 is 14.7 Å². The van der Waals surface area contributed by atoms with E-state index < -0.39 is 0 Å². The van der Waals surface area contributed by atoms with Crippen LogP contribution in [0.4, 0.5) is 0 Å². The van der Waals surface area contributed by atoms with Gasteiger partial charge in [-0.25, -0.2) is 0 Å². The van der Waals surface area contributed by atoms with E-state index in [1.807, 2.05) is 39.9 Å². The van der Waals surface area contributed by atoms with Crippen molar-refractivity contribution in [3.05, 3.63) is 70.7 Å². The number of benzene rings is 2. The molecule has 0 aromatic heterocycles. The second kappa shape index (κ2) is 10.6. The predicted molar refractivity (Wildman–Crippen MR) is 133 cm³/mol. The highest BCUT2D eigenvalue weighted by Crippen LogP contribution is 2.33. The topological polar surface area (TPSA) is 60.9 Å². The van der Waals surface area contributed by atoms with Gasteiger partial charge in [-0.15, -0.1) is 0 Å². The molecule has 2 aliphatic rings. The summed E-state index contributed by atoms with van der Waals surface area (Å²) in [7, 11) is 1.85. The van der Waals surface area contributed by atoms with Gasteiger partial charge in [-0.2, -0.15) is 0 Å². The number of piperidine rings is 2. The SMILES string of the molecule is CC(=O)N1CCC(C(=O)N2CCC(N(C)C(=O)c3ccc(Cl)cc3)C(c3ccccc3)C2)CC1. The molecule has 2 heterocycles. The third-order valence-electron chi connectivity index (χ3n) is 7.31. The van der Waals surface area contributed by atoms with Gasteiger partial charge in [0.25, 0.3) is 5.91 Å². The first-order valence-corrected chi connectivity index (χ1v) is 12.3. The molecule has 2 atom stereocenters. The summed E-state index contributed by atoms with van der Waals surface area (Å²) in [5, 5.41) is 0.599. The van der Waals surface area contributed by atoms with Crippen LogP contribution in [-0.2, 0) is 9.59 Å². The molecule has 2 fully saturated rings. The Bertz CT molecular complexity index is 1020. The lowest BCUT2D eigenvalue weighted by Gasteiger charge is -2.44. The summed E-state index contributed by atoms with van der Waals surface area (Å²) in [5.41, 5.74) is 1.74. The van der Waals surface area contributed by atoms with Crippen LogP contribution in [0.5, 0.6) is 0 Å². The molecule has 2 unspecified atom stereocenters. The van der Waals surface area contributed by atoms with Gasteiger partial charge in [-0.1, -0.05) is 41.9 Å². The Morgan fingerprint density at radius 2 is 1.50 bits per heavy atom. The van der Waals surface area contributed by atoms with Crippen molar-refractivity contribution in [1.82, 2.24) is 14.7 Å². The highest BCUT2D eigenvalue weighted by atomic mass is 35.5. The van der Waals surface area contributed by atoms with Crippen molar-refractivity contribution in [1.29, 1.82) is 0 Å². The number of carbonyl (C=O) groups is 3. The lowest BCUT2D eigenvalue weighted by atomic mass is 9.83. The molecule has 34 heavy (non-hydrogen) atoms. The fourth-order valence-corrected chi connectivity index (χ4v) is 5.40. The van der Waals surface area contributed by atoms with E-state index in [2.05, 4.69) is 12.1 Å². The summed E-state index contributed by atoms with van der Waals surface area (Å²) < 4.78 is 0. The third kappa shape index (κ3) is 5.27. The number of nitrogens with zero attached hydrogens (tertiary/aromatic N) is 3. The average molecular weight is 482 g/mol. The van der Waals surface area contributed by atoms with Gasteiger partial charge >= 0.3 is 0 Å². The Hall–Kier alpha value is -2.86. The Morgan fingerprint density at radius 3 is 2.12 bits per heavy atom. The van der Waals surface area contributed by atoms with Crippen molar-refractivity contribution < 1.29 is 14.4 Å². The number of likely N-dealkylation sites (N-methyl/N-ethyl adjacent to an activating group) is 1. The van der Waals surface area contributed by atoms with Crippen LogP contribution in [0, 0.1) is 5.92 Å². The van der Waals surface area contributed by atoms with E-state index in [-0.39, 0.29) is 35.6 Å². The summed E-state index contributed by atoms with van der Waals surface area (Å²) in [5.74, 6) is 0.187. The minimum atomic E-state index is -0.0444. The van der Waals surface area contributed by atoms with E-state index >= 15 is 0 Å². The molecular formula is C27H32ClN3O3. The van der Waals surface area contributed by atoms with Crippen LogP contribution in [0.15, 0.2) is 54.6 Å². The van der Waals surface area contributed by atoms with E-state index in [1.165, 1.54) is 0 Å². The molecule has 2 aromatic rings. The normalized spacial score (nSPS) is 21.3. The lowest BCUT2D eigenvalue weighted by Crippen LogP contribution is -2.53. The molecule has 2 aromatic carbocycles. The first-order valence-electron chi connectivity index (χ1n) is 12.0. The summed E-state index contributed by atoms with van der Waals surface area (Å²) in [4.78, 5) is 43.9. The van der Waals surface area contributed by atoms with Gasteiger partial charge in [-0.3, -0.25) is 14.4 Å². The van der Waals surface area contributed by atoms with E-state index in [0.717, 1.165) is 5.56 Å². The molecule has 180 valence electrons. The molecule has 7 heteroatoms. The van der Waals surface area contributed by atoms with Crippen LogP contribution in [0.3, 0.4) is 0 Å². The van der Waals surface area contributed by atoms with Crippen molar-refractivity contribution in [2.24, 2.45) is 5.92 Å². The van der Waals surface area contributed by atoms with Crippen LogP contribution in [-0.4, -0.2) is 71.7 Å². The number of rotatable bonds is 4. The Balaban J connectivity index is 1.50. The van der Waals surface area contributed by atoms with E-state index in [9.17, 15) is 14.4 Å². The smallest absolute Gasteiger partial charge is 0.253 e. The number of hydrogen-bond acceptors (Lipinski definition) is 3. The van der Waals surface area contributed by atoms with Gasteiger partial charge in [0, 0.05) is 68.6 Å². The number of likely N-dealkylation sites (tertiary alicyclic amines) is 2.